The molecule has 0 aromatic heterocycles. The molecule has 21 heteroatoms. The first-order chi connectivity index (χ1) is 16.7. The SMILES string of the molecule is COCCOCOCC(F)(F)OC(F)(F)C(F)(F)OC(F)(F)C(F)(F)OC(F)(F)COCOCCOC. The van der Waals surface area contributed by atoms with Crippen LogP contribution < -0.4 is 0 Å². The molecule has 0 atom stereocenters. The first-order valence-electron chi connectivity index (χ1n) is 9.40. The Hall–Kier alpha value is -1.20. The zero-order chi connectivity index (χ0) is 29.0. The summed E-state index contributed by atoms with van der Waals surface area (Å²) >= 11 is 0. The normalized spacial score (nSPS) is 14.4. The largest absolute Gasteiger partial charge is 0.453 e. The molecule has 0 amide bonds. The summed E-state index contributed by atoms with van der Waals surface area (Å²) in [4.78, 5) is 0. The Bertz CT molecular complexity index is 588. The van der Waals surface area contributed by atoms with Crippen molar-refractivity contribution >= 4 is 0 Å². The molecule has 0 radical (unpaired) electrons. The highest BCUT2D eigenvalue weighted by Crippen LogP contribution is 2.48. The standard InChI is InChI=1S/C16H22F12O9/c1-29-3-5-31-9-33-7-11(17,18)35-13(21,22)15(25,26)37-16(27,28)14(23,24)36-12(19,20)8-34-10-32-6-4-30-2/h3-10H2,1-2H3. The predicted octanol–water partition coefficient (Wildman–Crippen LogP) is 3.87. The number of ether oxygens (including phenoxy) is 9. The molecular weight excluding hydrogens is 564 g/mol. The van der Waals surface area contributed by atoms with Gasteiger partial charge in [0.15, 0.2) is 0 Å². The molecular formula is C16H22F12O9. The molecule has 0 aliphatic rings. The molecule has 9 nitrogen and oxygen atoms in total. The van der Waals surface area contributed by atoms with E-state index in [1.807, 2.05) is 4.74 Å². The molecule has 0 aliphatic carbocycles. The fraction of sp³-hybridized carbons (Fsp3) is 1.00. The molecule has 0 aliphatic heterocycles. The van der Waals surface area contributed by atoms with Crippen molar-refractivity contribution in [3.63, 3.8) is 0 Å². The van der Waals surface area contributed by atoms with Crippen LogP contribution in [0.25, 0.3) is 0 Å². The molecule has 0 fully saturated rings. The second-order valence-corrected chi connectivity index (χ2v) is 6.38. The minimum atomic E-state index is -6.96. The average Bonchev–Trinajstić information content (AvgIpc) is 2.70. The van der Waals surface area contributed by atoms with Crippen molar-refractivity contribution < 1.29 is 95.3 Å². The van der Waals surface area contributed by atoms with Gasteiger partial charge in [-0.3, -0.25) is 0 Å². The van der Waals surface area contributed by atoms with Gasteiger partial charge in [0.25, 0.3) is 0 Å². The highest BCUT2D eigenvalue weighted by molar-refractivity contribution is 4.77. The van der Waals surface area contributed by atoms with E-state index in [1.165, 1.54) is 14.2 Å². The molecule has 0 N–H and O–H groups in total. The smallest absolute Gasteiger partial charge is 0.382 e. The maximum Gasteiger partial charge on any atom is 0.453 e. The third kappa shape index (κ3) is 13.4. The van der Waals surface area contributed by atoms with Crippen LogP contribution in [0.15, 0.2) is 0 Å². The van der Waals surface area contributed by atoms with Crippen molar-refractivity contribution in [3.05, 3.63) is 0 Å². The molecule has 0 unspecified atom stereocenters. The van der Waals surface area contributed by atoms with Crippen molar-refractivity contribution in [3.8, 4) is 0 Å². The van der Waals surface area contributed by atoms with Crippen molar-refractivity contribution in [1.82, 2.24) is 0 Å². The molecule has 0 rings (SSSR count). The number of halogens is 12. The lowest BCUT2D eigenvalue weighted by molar-refractivity contribution is -0.558. The van der Waals surface area contributed by atoms with E-state index in [4.69, 9.17) is 0 Å². The number of methoxy groups -OCH3 is 2. The molecule has 0 saturated carbocycles. The molecule has 0 aromatic carbocycles. The summed E-state index contributed by atoms with van der Waals surface area (Å²) < 4.78 is 194. The van der Waals surface area contributed by atoms with E-state index in [0.29, 0.717) is 0 Å². The third-order valence-corrected chi connectivity index (χ3v) is 3.23. The van der Waals surface area contributed by atoms with Crippen molar-refractivity contribution in [2.45, 2.75) is 36.7 Å². The van der Waals surface area contributed by atoms with Crippen LogP contribution in [0.5, 0.6) is 0 Å². The zero-order valence-corrected chi connectivity index (χ0v) is 18.9. The summed E-state index contributed by atoms with van der Waals surface area (Å²) in [6.07, 6.45) is -38.1. The maximum atomic E-state index is 13.5. The Morgan fingerprint density at radius 3 is 1.00 bits per heavy atom. The molecule has 0 saturated heterocycles. The Kier molecular flexibility index (Phi) is 14.3. The number of rotatable bonds is 22. The van der Waals surface area contributed by atoms with Gasteiger partial charge >= 0.3 is 36.7 Å². The van der Waals surface area contributed by atoms with E-state index in [0.717, 1.165) is 0 Å². The zero-order valence-electron chi connectivity index (χ0n) is 18.9. The molecule has 37 heavy (non-hydrogen) atoms. The van der Waals surface area contributed by atoms with Crippen LogP contribution in [-0.2, 0) is 42.6 Å². The van der Waals surface area contributed by atoms with Gasteiger partial charge in [-0.15, -0.1) is 0 Å². The summed E-state index contributed by atoms with van der Waals surface area (Å²) in [7, 11) is 2.45. The van der Waals surface area contributed by atoms with Gasteiger partial charge in [-0.1, -0.05) is 0 Å². The Morgan fingerprint density at radius 1 is 0.405 bits per heavy atom. The van der Waals surface area contributed by atoms with Crippen molar-refractivity contribution in [2.75, 3.05) is 67.4 Å². The third-order valence-electron chi connectivity index (χ3n) is 3.23. The van der Waals surface area contributed by atoms with E-state index in [1.54, 1.807) is 0 Å². The van der Waals surface area contributed by atoms with Gasteiger partial charge in [0.1, 0.15) is 26.8 Å². The Labute approximate surface area is 200 Å². The van der Waals surface area contributed by atoms with E-state index < -0.39 is 63.5 Å². The number of hydrogen-bond donors (Lipinski definition) is 0. The molecule has 0 spiro atoms. The lowest BCUT2D eigenvalue weighted by Gasteiger charge is -2.34. The summed E-state index contributed by atoms with van der Waals surface area (Å²) in [6.45, 7) is -7.01. The molecule has 0 bridgehead atoms. The first kappa shape index (κ1) is 35.8. The van der Waals surface area contributed by atoms with Crippen LogP contribution in [0, 0.1) is 0 Å². The van der Waals surface area contributed by atoms with Crippen LogP contribution in [0.3, 0.4) is 0 Å². The van der Waals surface area contributed by atoms with Gasteiger partial charge in [0, 0.05) is 14.2 Å². The van der Waals surface area contributed by atoms with Crippen molar-refractivity contribution in [1.29, 1.82) is 0 Å². The second-order valence-electron chi connectivity index (χ2n) is 6.38. The van der Waals surface area contributed by atoms with Crippen LogP contribution in [0.1, 0.15) is 0 Å². The van der Waals surface area contributed by atoms with Crippen molar-refractivity contribution in [2.24, 2.45) is 0 Å². The quantitative estimate of drug-likeness (QED) is 0.107. The van der Waals surface area contributed by atoms with Gasteiger partial charge in [-0.2, -0.15) is 52.7 Å². The van der Waals surface area contributed by atoms with Crippen LogP contribution in [-0.4, -0.2) is 104 Å². The highest BCUT2D eigenvalue weighted by atomic mass is 19.4. The summed E-state index contributed by atoms with van der Waals surface area (Å²) in [5.41, 5.74) is 0. The van der Waals surface area contributed by atoms with E-state index >= 15 is 0 Å². The van der Waals surface area contributed by atoms with Crippen LogP contribution in [0.2, 0.25) is 0 Å². The summed E-state index contributed by atoms with van der Waals surface area (Å²) in [5.74, 6) is 0. The minimum absolute atomic E-state index is 0.0529. The minimum Gasteiger partial charge on any atom is -0.382 e. The molecule has 224 valence electrons. The lowest BCUT2D eigenvalue weighted by atomic mass is 10.5. The number of alkyl halides is 12. The number of hydrogen-bond acceptors (Lipinski definition) is 9. The van der Waals surface area contributed by atoms with Gasteiger partial charge < -0.3 is 28.4 Å². The molecule has 0 heterocycles. The van der Waals surface area contributed by atoms with Gasteiger partial charge in [0.2, 0.25) is 0 Å². The van der Waals surface area contributed by atoms with Gasteiger partial charge in [-0.05, 0) is 0 Å². The van der Waals surface area contributed by atoms with Crippen LogP contribution in [0.4, 0.5) is 52.7 Å². The lowest BCUT2D eigenvalue weighted by Crippen LogP contribution is -2.58. The average molecular weight is 586 g/mol. The fourth-order valence-corrected chi connectivity index (χ4v) is 1.67. The van der Waals surface area contributed by atoms with E-state index in [2.05, 4.69) is 37.9 Å². The topological polar surface area (TPSA) is 83.1 Å². The Balaban J connectivity index is 5.09. The summed E-state index contributed by atoms with van der Waals surface area (Å²) in [6, 6.07) is 0. The Morgan fingerprint density at radius 2 is 0.703 bits per heavy atom. The van der Waals surface area contributed by atoms with Crippen LogP contribution >= 0.6 is 0 Å². The van der Waals surface area contributed by atoms with Gasteiger partial charge in [0.05, 0.1) is 26.4 Å². The highest BCUT2D eigenvalue weighted by Gasteiger charge is 2.74. The maximum absolute atomic E-state index is 13.5. The molecule has 0 aromatic rings. The monoisotopic (exact) mass is 586 g/mol. The van der Waals surface area contributed by atoms with Gasteiger partial charge in [-0.25, -0.2) is 14.2 Å². The predicted molar refractivity (Wildman–Crippen MR) is 90.2 cm³/mol. The summed E-state index contributed by atoms with van der Waals surface area (Å²) in [5, 5.41) is 0. The first-order valence-corrected chi connectivity index (χ1v) is 9.40. The van der Waals surface area contributed by atoms with E-state index in [9.17, 15) is 52.7 Å². The second kappa shape index (κ2) is 14.8. The fourth-order valence-electron chi connectivity index (χ4n) is 1.67. The van der Waals surface area contributed by atoms with E-state index in [-0.39, 0.29) is 26.4 Å².